The van der Waals surface area contributed by atoms with Crippen molar-refractivity contribution in [1.82, 2.24) is 0 Å². The molecule has 1 aliphatic rings. The highest BCUT2D eigenvalue weighted by molar-refractivity contribution is 7.92. The monoisotopic (exact) mass is 448 g/mol. The number of rotatable bonds is 5. The minimum absolute atomic E-state index is 0.141. The van der Waals surface area contributed by atoms with E-state index in [0.717, 1.165) is 11.8 Å². The van der Waals surface area contributed by atoms with Gasteiger partial charge in [-0.15, -0.1) is 0 Å². The van der Waals surface area contributed by atoms with Crippen LogP contribution in [0.4, 0.5) is 11.4 Å². The Labute approximate surface area is 183 Å². The number of amides is 1. The molecule has 8 nitrogen and oxygen atoms in total. The Morgan fingerprint density at radius 1 is 1.13 bits per heavy atom. The molecule has 1 atom stereocenters. The van der Waals surface area contributed by atoms with Crippen molar-refractivity contribution in [2.24, 2.45) is 0 Å². The number of hydrogen-bond acceptors (Lipinski definition) is 6. The first-order valence-corrected chi connectivity index (χ1v) is 11.6. The molecule has 0 saturated carbocycles. The molecule has 31 heavy (non-hydrogen) atoms. The second-order valence-electron chi connectivity index (χ2n) is 8.39. The predicted octanol–water partition coefficient (Wildman–Crippen LogP) is 3.17. The SMILES string of the molecule is COc1ccc(OC)c(NC(=O)[C@H]2CN(S(C)(=O)=O)c3cc(C(C)(C)C)ccc3O2)c1. The number of methoxy groups -OCH3 is 2. The summed E-state index contributed by atoms with van der Waals surface area (Å²) in [6.45, 7) is 5.99. The molecule has 1 N–H and O–H groups in total. The molecule has 2 aromatic carbocycles. The van der Waals surface area contributed by atoms with Crippen LogP contribution in [0, 0.1) is 0 Å². The van der Waals surface area contributed by atoms with E-state index in [1.54, 1.807) is 30.3 Å². The molecule has 168 valence electrons. The fraction of sp³-hybridized carbons (Fsp3) is 0.409. The largest absolute Gasteiger partial charge is 0.497 e. The van der Waals surface area contributed by atoms with Gasteiger partial charge in [-0.3, -0.25) is 9.10 Å². The maximum Gasteiger partial charge on any atom is 0.267 e. The number of carbonyl (C=O) groups excluding carboxylic acids is 1. The van der Waals surface area contributed by atoms with Gasteiger partial charge in [0.25, 0.3) is 5.91 Å². The average molecular weight is 449 g/mol. The minimum atomic E-state index is -3.64. The summed E-state index contributed by atoms with van der Waals surface area (Å²) in [7, 11) is -0.628. The predicted molar refractivity (Wildman–Crippen MR) is 120 cm³/mol. The first-order valence-electron chi connectivity index (χ1n) is 9.76. The third-order valence-electron chi connectivity index (χ3n) is 5.05. The molecule has 0 fully saturated rings. The summed E-state index contributed by atoms with van der Waals surface area (Å²) in [5, 5.41) is 2.75. The van der Waals surface area contributed by atoms with Gasteiger partial charge < -0.3 is 19.5 Å². The highest BCUT2D eigenvalue weighted by atomic mass is 32.2. The van der Waals surface area contributed by atoms with Crippen LogP contribution >= 0.6 is 0 Å². The lowest BCUT2D eigenvalue weighted by atomic mass is 9.86. The summed E-state index contributed by atoms with van der Waals surface area (Å²) in [4.78, 5) is 13.0. The number of sulfonamides is 1. The normalized spacial score (nSPS) is 16.2. The van der Waals surface area contributed by atoms with Crippen LogP contribution in [0.1, 0.15) is 26.3 Å². The van der Waals surface area contributed by atoms with Gasteiger partial charge in [-0.25, -0.2) is 8.42 Å². The van der Waals surface area contributed by atoms with Gasteiger partial charge in [0.1, 0.15) is 17.2 Å². The van der Waals surface area contributed by atoms with Gasteiger partial charge in [-0.1, -0.05) is 26.8 Å². The van der Waals surface area contributed by atoms with Crippen molar-refractivity contribution in [2.75, 3.05) is 36.6 Å². The van der Waals surface area contributed by atoms with Gasteiger partial charge in [-0.2, -0.15) is 0 Å². The van der Waals surface area contributed by atoms with Crippen molar-refractivity contribution in [3.8, 4) is 17.2 Å². The van der Waals surface area contributed by atoms with Crippen LogP contribution < -0.4 is 23.8 Å². The molecule has 0 saturated heterocycles. The lowest BCUT2D eigenvalue weighted by Crippen LogP contribution is -2.48. The lowest BCUT2D eigenvalue weighted by molar-refractivity contribution is -0.122. The molecule has 0 radical (unpaired) electrons. The Hall–Kier alpha value is -2.94. The minimum Gasteiger partial charge on any atom is -0.497 e. The highest BCUT2D eigenvalue weighted by Gasteiger charge is 2.36. The van der Waals surface area contributed by atoms with E-state index in [4.69, 9.17) is 14.2 Å². The third kappa shape index (κ3) is 4.87. The van der Waals surface area contributed by atoms with E-state index in [1.807, 2.05) is 26.8 Å². The number of fused-ring (bicyclic) bond motifs is 1. The molecule has 1 heterocycles. The van der Waals surface area contributed by atoms with Crippen molar-refractivity contribution < 1.29 is 27.4 Å². The standard InChI is InChI=1S/C22H28N2O6S/c1-22(2,3)14-7-9-19-17(11-14)24(31(6,26)27)13-20(30-19)21(25)23-16-12-15(28-4)8-10-18(16)29-5/h7-12,20H,13H2,1-6H3,(H,23,25)/t20-/m1/s1. The van der Waals surface area contributed by atoms with E-state index in [0.29, 0.717) is 28.6 Å². The topological polar surface area (TPSA) is 94.2 Å². The molecular formula is C22H28N2O6S. The van der Waals surface area contributed by atoms with E-state index in [2.05, 4.69) is 5.32 Å². The van der Waals surface area contributed by atoms with Crippen LogP contribution in [0.25, 0.3) is 0 Å². The maximum absolute atomic E-state index is 13.0. The first-order chi connectivity index (χ1) is 14.4. The van der Waals surface area contributed by atoms with Crippen molar-refractivity contribution in [3.05, 3.63) is 42.0 Å². The molecule has 0 aliphatic carbocycles. The fourth-order valence-electron chi connectivity index (χ4n) is 3.29. The average Bonchev–Trinajstić information content (AvgIpc) is 2.70. The Morgan fingerprint density at radius 2 is 1.84 bits per heavy atom. The first kappa shape index (κ1) is 22.7. The number of anilines is 2. The molecular weight excluding hydrogens is 420 g/mol. The summed E-state index contributed by atoms with van der Waals surface area (Å²) in [6, 6.07) is 10.4. The third-order valence-corrected chi connectivity index (χ3v) is 6.20. The fourth-order valence-corrected chi connectivity index (χ4v) is 4.20. The van der Waals surface area contributed by atoms with Crippen molar-refractivity contribution in [3.63, 3.8) is 0 Å². The zero-order valence-electron chi connectivity index (χ0n) is 18.6. The molecule has 0 bridgehead atoms. The number of benzene rings is 2. The van der Waals surface area contributed by atoms with E-state index < -0.39 is 22.0 Å². The van der Waals surface area contributed by atoms with Crippen molar-refractivity contribution in [1.29, 1.82) is 0 Å². The summed E-state index contributed by atoms with van der Waals surface area (Å²) < 4.78 is 42.7. The lowest BCUT2D eigenvalue weighted by Gasteiger charge is -2.35. The van der Waals surface area contributed by atoms with Gasteiger partial charge in [0.2, 0.25) is 10.0 Å². The van der Waals surface area contributed by atoms with Gasteiger partial charge in [-0.05, 0) is 35.2 Å². The van der Waals surface area contributed by atoms with Gasteiger partial charge in [0, 0.05) is 6.07 Å². The number of ether oxygens (including phenoxy) is 3. The van der Waals surface area contributed by atoms with E-state index >= 15 is 0 Å². The highest BCUT2D eigenvalue weighted by Crippen LogP contribution is 2.39. The molecule has 1 amide bonds. The van der Waals surface area contributed by atoms with Gasteiger partial charge >= 0.3 is 0 Å². The Balaban J connectivity index is 1.94. The molecule has 0 aromatic heterocycles. The smallest absolute Gasteiger partial charge is 0.267 e. The maximum atomic E-state index is 13.0. The van der Waals surface area contributed by atoms with Crippen LogP contribution in [0.3, 0.4) is 0 Å². The second kappa shape index (κ2) is 8.30. The Bertz CT molecular complexity index is 1090. The quantitative estimate of drug-likeness (QED) is 0.755. The molecule has 0 spiro atoms. The molecule has 2 aromatic rings. The van der Waals surface area contributed by atoms with E-state index in [9.17, 15) is 13.2 Å². The summed E-state index contributed by atoms with van der Waals surface area (Å²) in [5.41, 5.74) is 1.62. The second-order valence-corrected chi connectivity index (χ2v) is 10.3. The van der Waals surface area contributed by atoms with E-state index in [-0.39, 0.29) is 12.0 Å². The van der Waals surface area contributed by atoms with Gasteiger partial charge in [0.05, 0.1) is 38.4 Å². The summed E-state index contributed by atoms with van der Waals surface area (Å²) >= 11 is 0. The van der Waals surface area contributed by atoms with Crippen LogP contribution in [0.2, 0.25) is 0 Å². The molecule has 0 unspecified atom stereocenters. The number of carbonyl (C=O) groups is 1. The molecule has 1 aliphatic heterocycles. The van der Waals surface area contributed by atoms with Gasteiger partial charge in [0.15, 0.2) is 6.10 Å². The number of nitrogens with one attached hydrogen (secondary N) is 1. The molecule has 9 heteroatoms. The zero-order chi connectivity index (χ0) is 23.0. The number of nitrogens with zero attached hydrogens (tertiary/aromatic N) is 1. The molecule has 3 rings (SSSR count). The van der Waals surface area contributed by atoms with Crippen LogP contribution in [-0.2, 0) is 20.2 Å². The number of hydrogen-bond donors (Lipinski definition) is 1. The Morgan fingerprint density at radius 3 is 2.42 bits per heavy atom. The van der Waals surface area contributed by atoms with Crippen LogP contribution in [-0.4, -0.2) is 47.4 Å². The Kier molecular flexibility index (Phi) is 6.09. The van der Waals surface area contributed by atoms with Crippen LogP contribution in [0.5, 0.6) is 17.2 Å². The zero-order valence-corrected chi connectivity index (χ0v) is 19.4. The summed E-state index contributed by atoms with van der Waals surface area (Å²) in [6.07, 6.45) is 0.0740. The van der Waals surface area contributed by atoms with Crippen LogP contribution in [0.15, 0.2) is 36.4 Å². The summed E-state index contributed by atoms with van der Waals surface area (Å²) in [5.74, 6) is 0.826. The van der Waals surface area contributed by atoms with Crippen molar-refractivity contribution >= 4 is 27.3 Å². The van der Waals surface area contributed by atoms with E-state index in [1.165, 1.54) is 18.5 Å². The van der Waals surface area contributed by atoms with Crippen molar-refractivity contribution in [2.45, 2.75) is 32.3 Å².